The van der Waals surface area contributed by atoms with Crippen molar-refractivity contribution in [2.75, 3.05) is 11.1 Å². The van der Waals surface area contributed by atoms with Gasteiger partial charge in [-0.25, -0.2) is 0 Å². The lowest BCUT2D eigenvalue weighted by Gasteiger charge is -2.20. The van der Waals surface area contributed by atoms with Crippen molar-refractivity contribution in [1.29, 1.82) is 0 Å². The summed E-state index contributed by atoms with van der Waals surface area (Å²) in [7, 11) is 0. The van der Waals surface area contributed by atoms with Crippen molar-refractivity contribution in [2.45, 2.75) is 32.2 Å². The van der Waals surface area contributed by atoms with E-state index in [1.165, 1.54) is 0 Å². The molecule has 0 aromatic heterocycles. The average Bonchev–Trinajstić information content (AvgIpc) is 2.77. The first kappa shape index (κ1) is 14.5. The number of hydrogen-bond acceptors (Lipinski definition) is 3. The highest BCUT2D eigenvalue weighted by Gasteiger charge is 2.32. The smallest absolute Gasteiger partial charge is 0.161 e. The summed E-state index contributed by atoms with van der Waals surface area (Å²) < 4.78 is 1.12. The Balaban J connectivity index is 2.15. The Bertz CT molecular complexity index is 472. The first-order chi connectivity index (χ1) is 8.58. The van der Waals surface area contributed by atoms with Crippen LogP contribution in [0.5, 0.6) is 0 Å². The van der Waals surface area contributed by atoms with E-state index in [2.05, 4.69) is 41.8 Å². The van der Waals surface area contributed by atoms with Gasteiger partial charge in [0.2, 0.25) is 0 Å². The van der Waals surface area contributed by atoms with Crippen LogP contribution in [0.2, 0.25) is 5.02 Å². The Morgan fingerprint density at radius 1 is 1.44 bits per heavy atom. The number of halogens is 2. The number of aliphatic imine (C=N–C) groups is 1. The van der Waals surface area contributed by atoms with Crippen LogP contribution in [0.1, 0.15) is 26.7 Å². The van der Waals surface area contributed by atoms with Crippen LogP contribution in [0.25, 0.3) is 0 Å². The van der Waals surface area contributed by atoms with Gasteiger partial charge in [0.05, 0.1) is 11.2 Å². The Morgan fingerprint density at radius 2 is 2.17 bits per heavy atom. The van der Waals surface area contributed by atoms with E-state index in [1.54, 1.807) is 0 Å². The molecule has 0 bridgehead atoms. The molecule has 0 saturated carbocycles. The third-order valence-corrected chi connectivity index (χ3v) is 5.58. The zero-order valence-electron chi connectivity index (χ0n) is 10.5. The molecule has 2 rings (SSSR count). The maximum Gasteiger partial charge on any atom is 0.161 e. The van der Waals surface area contributed by atoms with E-state index >= 15 is 0 Å². The van der Waals surface area contributed by atoms with Gasteiger partial charge in [0.15, 0.2) is 5.17 Å². The zero-order chi connectivity index (χ0) is 13.2. The largest absolute Gasteiger partial charge is 0.334 e. The molecule has 18 heavy (non-hydrogen) atoms. The first-order valence-electron chi connectivity index (χ1n) is 6.03. The maximum atomic E-state index is 5.96. The molecule has 0 unspecified atom stereocenters. The number of anilines is 1. The van der Waals surface area contributed by atoms with Crippen LogP contribution in [-0.2, 0) is 0 Å². The molecule has 1 aromatic carbocycles. The number of nitrogens with zero attached hydrogens (tertiary/aromatic N) is 1. The highest BCUT2D eigenvalue weighted by atomic mass is 127. The van der Waals surface area contributed by atoms with Gasteiger partial charge >= 0.3 is 0 Å². The number of rotatable bonds is 3. The van der Waals surface area contributed by atoms with Crippen LogP contribution >= 0.6 is 46.0 Å². The Kier molecular flexibility index (Phi) is 4.83. The molecule has 0 aliphatic carbocycles. The minimum absolute atomic E-state index is 0.130. The summed E-state index contributed by atoms with van der Waals surface area (Å²) in [4.78, 5) is 4.85. The molecule has 1 heterocycles. The molecule has 2 nitrogen and oxygen atoms in total. The molecule has 98 valence electrons. The second kappa shape index (κ2) is 6.01. The third-order valence-electron chi connectivity index (χ3n) is 3.31. The molecular weight excluding hydrogens is 379 g/mol. The summed E-state index contributed by atoms with van der Waals surface area (Å²) in [6, 6.07) is 5.86. The lowest BCUT2D eigenvalue weighted by atomic mass is 9.97. The average molecular weight is 395 g/mol. The van der Waals surface area contributed by atoms with Crippen LogP contribution in [0.4, 0.5) is 5.69 Å². The molecule has 0 radical (unpaired) electrons. The summed E-state index contributed by atoms with van der Waals surface area (Å²) in [5, 5.41) is 5.20. The van der Waals surface area contributed by atoms with Gasteiger partial charge in [0, 0.05) is 14.3 Å². The quantitative estimate of drug-likeness (QED) is 0.728. The molecule has 1 N–H and O–H groups in total. The van der Waals surface area contributed by atoms with Crippen molar-refractivity contribution in [3.8, 4) is 0 Å². The number of amidine groups is 1. The molecule has 0 saturated heterocycles. The number of hydrogen-bond donors (Lipinski definition) is 1. The number of benzene rings is 1. The zero-order valence-corrected chi connectivity index (χ0v) is 14.2. The van der Waals surface area contributed by atoms with Crippen LogP contribution in [0, 0.1) is 3.57 Å². The SMILES string of the molecule is CCC1(CC)CSC(Nc2ccc(Cl)cc2I)=N1. The van der Waals surface area contributed by atoms with Gasteiger partial charge in [-0.05, 0) is 53.6 Å². The van der Waals surface area contributed by atoms with Gasteiger partial charge in [-0.15, -0.1) is 0 Å². The monoisotopic (exact) mass is 394 g/mol. The minimum atomic E-state index is 0.130. The van der Waals surface area contributed by atoms with Crippen molar-refractivity contribution in [2.24, 2.45) is 4.99 Å². The molecule has 0 fully saturated rings. The van der Waals surface area contributed by atoms with E-state index in [-0.39, 0.29) is 5.54 Å². The van der Waals surface area contributed by atoms with Crippen molar-refractivity contribution in [1.82, 2.24) is 0 Å². The van der Waals surface area contributed by atoms with Gasteiger partial charge in [-0.2, -0.15) is 0 Å². The fraction of sp³-hybridized carbons (Fsp3) is 0.462. The van der Waals surface area contributed by atoms with Crippen molar-refractivity contribution >= 4 is 56.8 Å². The Morgan fingerprint density at radius 3 is 2.72 bits per heavy atom. The summed E-state index contributed by atoms with van der Waals surface area (Å²) in [6.45, 7) is 4.42. The van der Waals surface area contributed by atoms with Crippen molar-refractivity contribution in [3.63, 3.8) is 0 Å². The van der Waals surface area contributed by atoms with Gasteiger partial charge in [0.25, 0.3) is 0 Å². The molecule has 0 atom stereocenters. The lowest BCUT2D eigenvalue weighted by molar-refractivity contribution is 0.456. The standard InChI is InChI=1S/C13H16ClIN2S/c1-3-13(4-2)8-18-12(17-13)16-11-6-5-9(14)7-10(11)15/h5-7H,3-4,8H2,1-2H3,(H,16,17). The molecule has 1 aromatic rings. The van der Waals surface area contributed by atoms with Crippen LogP contribution in [0.15, 0.2) is 23.2 Å². The highest BCUT2D eigenvalue weighted by Crippen LogP contribution is 2.34. The van der Waals surface area contributed by atoms with E-state index in [4.69, 9.17) is 16.6 Å². The second-order valence-corrected chi connectivity index (χ2v) is 6.95. The summed E-state index contributed by atoms with van der Waals surface area (Å²) in [5.41, 5.74) is 1.21. The van der Waals surface area contributed by atoms with E-state index in [9.17, 15) is 0 Å². The van der Waals surface area contributed by atoms with E-state index in [0.29, 0.717) is 0 Å². The van der Waals surface area contributed by atoms with Crippen molar-refractivity contribution < 1.29 is 0 Å². The van der Waals surface area contributed by atoms with Gasteiger partial charge in [-0.1, -0.05) is 37.2 Å². The molecular formula is C13H16ClIN2S. The van der Waals surface area contributed by atoms with E-state index < -0.39 is 0 Å². The van der Waals surface area contributed by atoms with Gasteiger partial charge in [0.1, 0.15) is 0 Å². The molecule has 5 heteroatoms. The molecule has 1 aliphatic rings. The first-order valence-corrected chi connectivity index (χ1v) is 8.47. The normalized spacial score (nSPS) is 17.7. The topological polar surface area (TPSA) is 24.4 Å². The summed E-state index contributed by atoms with van der Waals surface area (Å²) >= 11 is 10.1. The molecule has 1 aliphatic heterocycles. The summed E-state index contributed by atoms with van der Waals surface area (Å²) in [5.74, 6) is 1.08. The number of thioether (sulfide) groups is 1. The van der Waals surface area contributed by atoms with Gasteiger partial charge < -0.3 is 5.32 Å². The Labute approximate surface area is 131 Å². The van der Waals surface area contributed by atoms with Gasteiger partial charge in [-0.3, -0.25) is 4.99 Å². The second-order valence-electron chi connectivity index (χ2n) is 4.39. The predicted octanol–water partition coefficient (Wildman–Crippen LogP) is 5.02. The van der Waals surface area contributed by atoms with Crippen LogP contribution in [0.3, 0.4) is 0 Å². The third kappa shape index (κ3) is 3.14. The summed E-state index contributed by atoms with van der Waals surface area (Å²) in [6.07, 6.45) is 2.19. The van der Waals surface area contributed by atoms with Crippen molar-refractivity contribution in [3.05, 3.63) is 26.8 Å². The van der Waals surface area contributed by atoms with Crippen LogP contribution in [-0.4, -0.2) is 16.5 Å². The fourth-order valence-corrected chi connectivity index (χ4v) is 4.19. The van der Waals surface area contributed by atoms with Crippen LogP contribution < -0.4 is 5.32 Å². The molecule has 0 amide bonds. The minimum Gasteiger partial charge on any atom is -0.334 e. The number of nitrogens with one attached hydrogen (secondary N) is 1. The predicted molar refractivity (Wildman–Crippen MR) is 91.0 cm³/mol. The molecule has 0 spiro atoms. The van der Waals surface area contributed by atoms with E-state index in [0.717, 1.165) is 38.0 Å². The fourth-order valence-electron chi connectivity index (χ4n) is 1.86. The van der Waals surface area contributed by atoms with E-state index in [1.807, 2.05) is 30.0 Å². The maximum absolute atomic E-state index is 5.96. The Hall–Kier alpha value is 0.0600. The lowest BCUT2D eigenvalue weighted by Crippen LogP contribution is -2.24. The highest BCUT2D eigenvalue weighted by molar-refractivity contribution is 14.1.